The fourth-order valence-electron chi connectivity index (χ4n) is 3.90. The van der Waals surface area contributed by atoms with E-state index in [1.807, 2.05) is 0 Å². The minimum atomic E-state index is -5.87. The zero-order chi connectivity index (χ0) is 30.8. The van der Waals surface area contributed by atoms with Gasteiger partial charge < -0.3 is 19.7 Å². The monoisotopic (exact) mass is 616 g/mol. The van der Waals surface area contributed by atoms with E-state index in [4.69, 9.17) is 0 Å². The van der Waals surface area contributed by atoms with E-state index in [9.17, 15) is 74.5 Å². The van der Waals surface area contributed by atoms with Gasteiger partial charge in [0.25, 0.3) is 9.74 Å². The molecule has 2 heterocycles. The molecule has 2 aliphatic heterocycles. The average Bonchev–Trinajstić information content (AvgIpc) is 3.31. The van der Waals surface area contributed by atoms with Crippen LogP contribution in [0.3, 0.4) is 0 Å². The molecule has 2 unspecified atom stereocenters. The number of rotatable bonds is 13. The molecule has 0 saturated carbocycles. The van der Waals surface area contributed by atoms with Gasteiger partial charge in [0.1, 0.15) is 13.2 Å². The summed E-state index contributed by atoms with van der Waals surface area (Å²) in [4.78, 5) is 87.7. The van der Waals surface area contributed by atoms with Crippen molar-refractivity contribution in [3.63, 3.8) is 0 Å². The number of amides is 4. The number of imide groups is 2. The molecule has 2 atom stereocenters. The molecule has 222 valence electrons. The van der Waals surface area contributed by atoms with Gasteiger partial charge in [-0.1, -0.05) is 0 Å². The third-order valence-corrected chi connectivity index (χ3v) is 8.43. The van der Waals surface area contributed by atoms with E-state index in [1.54, 1.807) is 0 Å². The standard InChI is InChI=1S/C18H20N2O18S2/c21-9-1-2-10(22)19(9)17(15(27)28,39(31,32)33)7-13(25)37-5-6-38-14(26)8-18(16(29)30,40(34,35)36)20-11(23)3-4-12(20)24/h1-8H2,(H,27,28)(H,29,30)(H,31,32,33)(H,34,35,36). The minimum Gasteiger partial charge on any atom is -0.479 e. The summed E-state index contributed by atoms with van der Waals surface area (Å²) >= 11 is 0. The smallest absolute Gasteiger partial charge is 0.349 e. The van der Waals surface area contributed by atoms with Crippen LogP contribution in [0.1, 0.15) is 38.5 Å². The average molecular weight is 616 g/mol. The summed E-state index contributed by atoms with van der Waals surface area (Å²) in [6, 6.07) is 0. The van der Waals surface area contributed by atoms with Crippen LogP contribution in [0, 0.1) is 0 Å². The Morgan fingerprint density at radius 3 is 1.07 bits per heavy atom. The largest absolute Gasteiger partial charge is 0.479 e. The van der Waals surface area contributed by atoms with Crippen LogP contribution in [0.25, 0.3) is 0 Å². The minimum absolute atomic E-state index is 0.312. The number of ether oxygens (including phenoxy) is 2. The Morgan fingerprint density at radius 2 is 0.875 bits per heavy atom. The van der Waals surface area contributed by atoms with Gasteiger partial charge in [-0.15, -0.1) is 0 Å². The molecule has 2 aliphatic rings. The Labute approximate surface area is 223 Å². The zero-order valence-electron chi connectivity index (χ0n) is 19.9. The highest BCUT2D eigenvalue weighted by Gasteiger charge is 2.64. The number of esters is 2. The Morgan fingerprint density at radius 1 is 0.625 bits per heavy atom. The Hall–Kier alpha value is -4.02. The van der Waals surface area contributed by atoms with Crippen LogP contribution >= 0.6 is 0 Å². The van der Waals surface area contributed by atoms with E-state index in [2.05, 4.69) is 9.47 Å². The second-order valence-corrected chi connectivity index (χ2v) is 11.4. The molecule has 0 radical (unpaired) electrons. The molecule has 0 aliphatic carbocycles. The molecule has 20 nitrogen and oxygen atoms in total. The molecule has 4 amide bonds. The number of carboxylic acids is 2. The van der Waals surface area contributed by atoms with Gasteiger partial charge in [-0.2, -0.15) is 16.8 Å². The fourth-order valence-corrected chi connectivity index (χ4v) is 5.81. The highest BCUT2D eigenvalue weighted by atomic mass is 32.2. The first-order valence-electron chi connectivity index (χ1n) is 10.7. The van der Waals surface area contributed by atoms with Crippen LogP contribution in [-0.2, 0) is 68.1 Å². The van der Waals surface area contributed by atoms with Crippen molar-refractivity contribution in [2.75, 3.05) is 13.2 Å². The van der Waals surface area contributed by atoms with Crippen molar-refractivity contribution in [2.45, 2.75) is 48.3 Å². The number of likely N-dealkylation sites (tertiary alicyclic amines) is 2. The van der Waals surface area contributed by atoms with Crippen molar-refractivity contribution in [3.8, 4) is 0 Å². The van der Waals surface area contributed by atoms with Crippen molar-refractivity contribution in [1.29, 1.82) is 0 Å². The summed E-state index contributed by atoms with van der Waals surface area (Å²) in [7, 11) is -11.7. The first-order chi connectivity index (χ1) is 18.2. The molecule has 2 saturated heterocycles. The third kappa shape index (κ3) is 5.64. The van der Waals surface area contributed by atoms with E-state index >= 15 is 0 Å². The van der Waals surface area contributed by atoms with Gasteiger partial charge in [0.15, 0.2) is 0 Å². The second kappa shape index (κ2) is 11.2. The van der Waals surface area contributed by atoms with Gasteiger partial charge in [-0.3, -0.25) is 37.9 Å². The maximum Gasteiger partial charge on any atom is 0.349 e. The SMILES string of the molecule is O=C(CC(C(=O)O)(N1C(=O)CCC1=O)S(=O)(=O)O)OCCOC(=O)CC(C(=O)O)(N1C(=O)CCC1=O)S(=O)(=O)O. The summed E-state index contributed by atoms with van der Waals surface area (Å²) in [6.45, 7) is -2.08. The fraction of sp³-hybridized carbons (Fsp3) is 0.556. The first-order valence-corrected chi connectivity index (χ1v) is 13.6. The van der Waals surface area contributed by atoms with Crippen molar-refractivity contribution in [2.24, 2.45) is 0 Å². The normalized spacial score (nSPS) is 19.2. The van der Waals surface area contributed by atoms with Gasteiger partial charge in [0.05, 0.1) is 12.8 Å². The highest BCUT2D eigenvalue weighted by molar-refractivity contribution is 7.88. The number of carboxylic acid groups (broad SMARTS) is 2. The summed E-state index contributed by atoms with van der Waals surface area (Å²) in [5, 5.41) is 18.9. The predicted molar refractivity (Wildman–Crippen MR) is 117 cm³/mol. The third-order valence-electron chi connectivity index (χ3n) is 5.72. The summed E-state index contributed by atoms with van der Waals surface area (Å²) in [6.07, 6.45) is -6.10. The quantitative estimate of drug-likeness (QED) is 0.0674. The maximum absolute atomic E-state index is 12.2. The molecule has 0 aromatic heterocycles. The Bertz CT molecular complexity index is 1260. The number of carbonyl (C=O) groups is 8. The molecule has 0 bridgehead atoms. The lowest BCUT2D eigenvalue weighted by Gasteiger charge is -2.33. The number of carbonyl (C=O) groups excluding carboxylic acids is 6. The van der Waals surface area contributed by atoms with Crippen LogP contribution in [0.4, 0.5) is 0 Å². The van der Waals surface area contributed by atoms with E-state index in [0.29, 0.717) is 0 Å². The van der Waals surface area contributed by atoms with Crippen molar-refractivity contribution in [3.05, 3.63) is 0 Å². The first kappa shape index (κ1) is 32.2. The summed E-state index contributed by atoms with van der Waals surface area (Å²) in [5.74, 6) is -13.8. The van der Waals surface area contributed by atoms with Crippen LogP contribution in [0.15, 0.2) is 0 Å². The van der Waals surface area contributed by atoms with Gasteiger partial charge in [-0.25, -0.2) is 19.4 Å². The molecular weight excluding hydrogens is 596 g/mol. The van der Waals surface area contributed by atoms with Crippen molar-refractivity contribution >= 4 is 67.7 Å². The molecule has 2 fully saturated rings. The Balaban J connectivity index is 2.14. The molecular formula is C18H20N2O18S2. The van der Waals surface area contributed by atoms with E-state index in [0.717, 1.165) is 0 Å². The lowest BCUT2D eigenvalue weighted by atomic mass is 10.1. The van der Waals surface area contributed by atoms with Crippen molar-refractivity contribution in [1.82, 2.24) is 9.80 Å². The Kier molecular flexibility index (Phi) is 9.04. The molecule has 40 heavy (non-hydrogen) atoms. The van der Waals surface area contributed by atoms with Crippen LogP contribution in [0.5, 0.6) is 0 Å². The number of nitrogens with zero attached hydrogens (tertiary/aromatic N) is 2. The lowest BCUT2D eigenvalue weighted by Crippen LogP contribution is -2.62. The number of aliphatic carboxylic acids is 2. The highest BCUT2D eigenvalue weighted by Crippen LogP contribution is 2.34. The van der Waals surface area contributed by atoms with E-state index < -0.39 is 129 Å². The topological polar surface area (TPSA) is 311 Å². The number of hydrogen-bond acceptors (Lipinski definition) is 14. The summed E-state index contributed by atoms with van der Waals surface area (Å²) < 4.78 is 75.8. The van der Waals surface area contributed by atoms with Gasteiger partial charge >= 0.3 is 44.1 Å². The zero-order valence-corrected chi connectivity index (χ0v) is 21.5. The maximum atomic E-state index is 12.2. The molecule has 2 rings (SSSR count). The molecule has 4 N–H and O–H groups in total. The van der Waals surface area contributed by atoms with Gasteiger partial charge in [0.2, 0.25) is 23.6 Å². The van der Waals surface area contributed by atoms with E-state index in [1.165, 1.54) is 0 Å². The molecule has 0 spiro atoms. The van der Waals surface area contributed by atoms with Gasteiger partial charge in [0, 0.05) is 25.7 Å². The lowest BCUT2D eigenvalue weighted by molar-refractivity contribution is -0.165. The van der Waals surface area contributed by atoms with Crippen LogP contribution in [-0.4, -0.2) is 116 Å². The van der Waals surface area contributed by atoms with E-state index in [-0.39, 0.29) is 9.80 Å². The summed E-state index contributed by atoms with van der Waals surface area (Å²) in [5.41, 5.74) is 0. The van der Waals surface area contributed by atoms with Crippen molar-refractivity contribution < 1.29 is 84.0 Å². The predicted octanol–water partition coefficient (Wildman–Crippen LogP) is -3.51. The van der Waals surface area contributed by atoms with Crippen LogP contribution in [0.2, 0.25) is 0 Å². The molecule has 22 heteroatoms. The van der Waals surface area contributed by atoms with Gasteiger partial charge in [-0.05, 0) is 0 Å². The van der Waals surface area contributed by atoms with Crippen LogP contribution < -0.4 is 0 Å². The molecule has 0 aromatic carbocycles. The molecule has 0 aromatic rings. The second-order valence-electron chi connectivity index (χ2n) is 8.17. The number of hydrogen-bond donors (Lipinski definition) is 4.